The zero-order valence-corrected chi connectivity index (χ0v) is 20.0. The Balaban J connectivity index is 1.49. The summed E-state index contributed by atoms with van der Waals surface area (Å²) in [5, 5.41) is 0. The van der Waals surface area contributed by atoms with Gasteiger partial charge >= 0.3 is 0 Å². The number of nitrogens with zero attached hydrogens (tertiary/aromatic N) is 1. The Morgan fingerprint density at radius 2 is 1.18 bits per heavy atom. The molecule has 0 unspecified atom stereocenters. The number of rotatable bonds is 2. The number of hydrogen-bond acceptors (Lipinski definition) is 1. The first-order valence-electron chi connectivity index (χ1n) is 11.5. The highest BCUT2D eigenvalue weighted by Gasteiger charge is 2.52. The summed E-state index contributed by atoms with van der Waals surface area (Å²) in [6.45, 7) is 0. The SMILES string of the molecule is Brc1ccc(C=Cc2ccc3c(c2)C2(c4ccccc4-c4ccccc42)c2cccnc2-3)cc1. The van der Waals surface area contributed by atoms with Gasteiger partial charge in [-0.05, 0) is 68.8 Å². The molecule has 0 radical (unpaired) electrons. The van der Waals surface area contributed by atoms with E-state index < -0.39 is 0 Å². The van der Waals surface area contributed by atoms with Gasteiger partial charge in [0.2, 0.25) is 0 Å². The van der Waals surface area contributed by atoms with Gasteiger partial charge in [0.15, 0.2) is 0 Å². The summed E-state index contributed by atoms with van der Waals surface area (Å²) in [6, 6.07) is 37.3. The van der Waals surface area contributed by atoms with E-state index in [1.54, 1.807) is 0 Å². The van der Waals surface area contributed by atoms with Crippen LogP contribution >= 0.6 is 15.9 Å². The van der Waals surface area contributed by atoms with Crippen molar-refractivity contribution in [1.82, 2.24) is 4.98 Å². The van der Waals surface area contributed by atoms with Crippen LogP contribution in [0.5, 0.6) is 0 Å². The third kappa shape index (κ3) is 2.63. The fourth-order valence-electron chi connectivity index (χ4n) is 5.83. The topological polar surface area (TPSA) is 12.9 Å². The Kier molecular flexibility index (Phi) is 4.27. The minimum Gasteiger partial charge on any atom is -0.256 e. The van der Waals surface area contributed by atoms with Crippen LogP contribution in [-0.4, -0.2) is 4.98 Å². The lowest BCUT2D eigenvalue weighted by molar-refractivity contribution is 0.791. The molecule has 0 bridgehead atoms. The Bertz CT molecular complexity index is 1550. The number of halogens is 1. The van der Waals surface area contributed by atoms with Gasteiger partial charge in [0.1, 0.15) is 0 Å². The molecule has 1 spiro atoms. The van der Waals surface area contributed by atoms with Crippen molar-refractivity contribution in [1.29, 1.82) is 0 Å². The molecule has 7 rings (SSSR count). The van der Waals surface area contributed by atoms with Gasteiger partial charge < -0.3 is 0 Å². The number of hydrogen-bond donors (Lipinski definition) is 0. The zero-order valence-electron chi connectivity index (χ0n) is 18.4. The van der Waals surface area contributed by atoms with E-state index in [0.29, 0.717) is 0 Å². The van der Waals surface area contributed by atoms with Crippen LogP contribution in [0.3, 0.4) is 0 Å². The van der Waals surface area contributed by atoms with E-state index in [1.165, 1.54) is 50.1 Å². The molecule has 160 valence electrons. The maximum Gasteiger partial charge on any atom is 0.0753 e. The quantitative estimate of drug-likeness (QED) is 0.218. The second kappa shape index (κ2) is 7.38. The largest absolute Gasteiger partial charge is 0.256 e. The van der Waals surface area contributed by atoms with Crippen molar-refractivity contribution in [3.63, 3.8) is 0 Å². The maximum atomic E-state index is 4.87. The smallest absolute Gasteiger partial charge is 0.0753 e. The lowest BCUT2D eigenvalue weighted by Gasteiger charge is -2.30. The molecule has 34 heavy (non-hydrogen) atoms. The lowest BCUT2D eigenvalue weighted by atomic mass is 9.70. The number of benzene rings is 4. The summed E-state index contributed by atoms with van der Waals surface area (Å²) in [5.41, 5.74) is 12.3. The van der Waals surface area contributed by atoms with Crippen LogP contribution in [0.15, 0.2) is 114 Å². The fraction of sp³-hybridized carbons (Fsp3) is 0.0312. The van der Waals surface area contributed by atoms with Crippen molar-refractivity contribution >= 4 is 28.1 Å². The molecule has 0 atom stereocenters. The van der Waals surface area contributed by atoms with Crippen LogP contribution in [0.25, 0.3) is 34.5 Å². The van der Waals surface area contributed by atoms with Crippen molar-refractivity contribution < 1.29 is 0 Å². The molecule has 2 aliphatic rings. The Morgan fingerprint density at radius 1 is 0.559 bits per heavy atom. The second-order valence-electron chi connectivity index (χ2n) is 8.93. The second-order valence-corrected chi connectivity index (χ2v) is 9.85. The van der Waals surface area contributed by atoms with Gasteiger partial charge in [-0.3, -0.25) is 4.98 Å². The highest BCUT2D eigenvalue weighted by molar-refractivity contribution is 9.10. The van der Waals surface area contributed by atoms with E-state index in [9.17, 15) is 0 Å². The average Bonchev–Trinajstić information content (AvgIpc) is 3.36. The van der Waals surface area contributed by atoms with Crippen molar-refractivity contribution in [2.75, 3.05) is 0 Å². The molecule has 1 aromatic heterocycles. The lowest BCUT2D eigenvalue weighted by Crippen LogP contribution is -2.26. The molecule has 0 saturated heterocycles. The van der Waals surface area contributed by atoms with E-state index in [0.717, 1.165) is 10.2 Å². The molecular formula is C32H20BrN. The monoisotopic (exact) mass is 497 g/mol. The van der Waals surface area contributed by atoms with E-state index >= 15 is 0 Å². The van der Waals surface area contributed by atoms with E-state index in [2.05, 4.69) is 131 Å². The maximum absolute atomic E-state index is 4.87. The molecule has 4 aromatic carbocycles. The van der Waals surface area contributed by atoms with Gasteiger partial charge in [-0.2, -0.15) is 0 Å². The molecule has 0 aliphatic heterocycles. The molecule has 2 aliphatic carbocycles. The van der Waals surface area contributed by atoms with Gasteiger partial charge in [-0.25, -0.2) is 0 Å². The van der Waals surface area contributed by atoms with E-state index in [4.69, 9.17) is 4.98 Å². The summed E-state index contributed by atoms with van der Waals surface area (Å²) >= 11 is 3.52. The average molecular weight is 498 g/mol. The van der Waals surface area contributed by atoms with Crippen molar-refractivity contribution in [2.45, 2.75) is 5.41 Å². The summed E-state index contributed by atoms with van der Waals surface area (Å²) in [4.78, 5) is 4.87. The predicted octanol–water partition coefficient (Wildman–Crippen LogP) is 8.36. The molecule has 0 amide bonds. The normalized spacial score (nSPS) is 14.1. The van der Waals surface area contributed by atoms with Crippen LogP contribution in [0, 0.1) is 0 Å². The summed E-state index contributed by atoms with van der Waals surface area (Å²) < 4.78 is 1.09. The summed E-state index contributed by atoms with van der Waals surface area (Å²) in [5.74, 6) is 0. The summed E-state index contributed by atoms with van der Waals surface area (Å²) in [7, 11) is 0. The summed E-state index contributed by atoms with van der Waals surface area (Å²) in [6.07, 6.45) is 6.30. The van der Waals surface area contributed by atoms with Crippen LogP contribution in [-0.2, 0) is 5.41 Å². The van der Waals surface area contributed by atoms with Crippen LogP contribution in [0.1, 0.15) is 33.4 Å². The molecule has 1 nitrogen and oxygen atoms in total. The third-order valence-electron chi connectivity index (χ3n) is 7.21. The van der Waals surface area contributed by atoms with Crippen molar-refractivity contribution in [3.05, 3.63) is 147 Å². The van der Waals surface area contributed by atoms with Crippen molar-refractivity contribution in [3.8, 4) is 22.4 Å². The van der Waals surface area contributed by atoms with E-state index in [1.807, 2.05) is 6.20 Å². The van der Waals surface area contributed by atoms with Crippen LogP contribution in [0.2, 0.25) is 0 Å². The van der Waals surface area contributed by atoms with Crippen LogP contribution < -0.4 is 0 Å². The molecule has 5 aromatic rings. The number of pyridine rings is 1. The minimum atomic E-state index is -0.340. The third-order valence-corrected chi connectivity index (χ3v) is 7.73. The number of fused-ring (bicyclic) bond motifs is 10. The molecule has 0 N–H and O–H groups in total. The fourth-order valence-corrected chi connectivity index (χ4v) is 6.10. The van der Waals surface area contributed by atoms with Gasteiger partial charge in [-0.15, -0.1) is 0 Å². The first-order chi connectivity index (χ1) is 16.8. The van der Waals surface area contributed by atoms with Crippen molar-refractivity contribution in [2.24, 2.45) is 0 Å². The molecule has 2 heteroatoms. The van der Waals surface area contributed by atoms with Gasteiger partial charge in [0, 0.05) is 16.2 Å². The molecule has 0 fully saturated rings. The highest BCUT2D eigenvalue weighted by atomic mass is 79.9. The highest BCUT2D eigenvalue weighted by Crippen LogP contribution is 2.62. The minimum absolute atomic E-state index is 0.340. The molecule has 1 heterocycles. The molecular weight excluding hydrogens is 478 g/mol. The van der Waals surface area contributed by atoms with Crippen LogP contribution in [0.4, 0.5) is 0 Å². The zero-order chi connectivity index (χ0) is 22.7. The first kappa shape index (κ1) is 19.7. The molecule has 0 saturated carbocycles. The predicted molar refractivity (Wildman–Crippen MR) is 144 cm³/mol. The van der Waals surface area contributed by atoms with Gasteiger partial charge in [0.05, 0.1) is 11.1 Å². The Hall–Kier alpha value is -3.75. The Labute approximate surface area is 207 Å². The first-order valence-corrected chi connectivity index (χ1v) is 12.3. The Morgan fingerprint density at radius 3 is 1.91 bits per heavy atom. The standard InChI is InChI=1S/C32H20BrN/c33-23-16-13-21(14-17-23)11-12-22-15-18-26-30(20-22)32(29-10-5-19-34-31(26)29)27-8-3-1-6-24(27)25-7-2-4-9-28(25)32/h1-20H. The van der Waals surface area contributed by atoms with E-state index in [-0.39, 0.29) is 5.41 Å². The number of aromatic nitrogens is 1. The van der Waals surface area contributed by atoms with Gasteiger partial charge in [-0.1, -0.05) is 107 Å². The van der Waals surface area contributed by atoms with Gasteiger partial charge in [0.25, 0.3) is 0 Å².